The number of nitrogens with zero attached hydrogens (tertiary/aromatic N) is 1. The Morgan fingerprint density at radius 3 is 1.97 bits per heavy atom. The monoisotopic (exact) mass is 563 g/mol. The quantitative estimate of drug-likeness (QED) is 0.361. The number of aryl methyl sites for hydroxylation is 2. The summed E-state index contributed by atoms with van der Waals surface area (Å²) in [6, 6.07) is 9.11. The van der Waals surface area contributed by atoms with Gasteiger partial charge < -0.3 is 24.6 Å². The van der Waals surface area contributed by atoms with E-state index in [1.807, 2.05) is 20.8 Å². The van der Waals surface area contributed by atoms with Gasteiger partial charge in [-0.3, -0.25) is 9.59 Å². The molecule has 11 heteroatoms. The second-order valence-electron chi connectivity index (χ2n) is 10.1. The molecule has 0 atom stereocenters. The standard InChI is InChI=1S/C27H28Cl2FN3O5/c1-15-25(16(2)38-33-15)19-9-17(5-7-20(19)28)36-11-23(34)31-26(3)13-27(4,14-26)32-24(35)12-37-18-6-8-21(29)22(30)10-18/h5-10H,11-14H2,1-4H3,(H,31,34)(H,32,35). The highest BCUT2D eigenvalue weighted by Gasteiger charge is 2.50. The van der Waals surface area contributed by atoms with Gasteiger partial charge in [0.15, 0.2) is 13.2 Å². The number of carbonyl (C=O) groups is 2. The third-order valence-electron chi connectivity index (χ3n) is 6.31. The van der Waals surface area contributed by atoms with Crippen LogP contribution >= 0.6 is 23.2 Å². The van der Waals surface area contributed by atoms with Gasteiger partial charge in [0.2, 0.25) is 0 Å². The SMILES string of the molecule is Cc1noc(C)c1-c1cc(OCC(=O)NC2(C)CC(C)(NC(=O)COc3ccc(Cl)c(F)c3)C2)ccc1Cl. The molecule has 1 fully saturated rings. The van der Waals surface area contributed by atoms with Gasteiger partial charge in [-0.1, -0.05) is 28.4 Å². The van der Waals surface area contributed by atoms with Crippen molar-refractivity contribution in [2.24, 2.45) is 0 Å². The molecule has 0 aliphatic heterocycles. The summed E-state index contributed by atoms with van der Waals surface area (Å²) in [6.45, 7) is 6.96. The summed E-state index contributed by atoms with van der Waals surface area (Å²) in [5, 5.41) is 10.4. The number of aromatic nitrogens is 1. The van der Waals surface area contributed by atoms with Gasteiger partial charge in [-0.05, 0) is 70.9 Å². The van der Waals surface area contributed by atoms with Gasteiger partial charge >= 0.3 is 0 Å². The molecule has 8 nitrogen and oxygen atoms in total. The first-order chi connectivity index (χ1) is 17.9. The number of rotatable bonds is 9. The maximum atomic E-state index is 13.5. The highest BCUT2D eigenvalue weighted by Crippen LogP contribution is 2.41. The summed E-state index contributed by atoms with van der Waals surface area (Å²) in [4.78, 5) is 25.0. The number of ether oxygens (including phenoxy) is 2. The van der Waals surface area contributed by atoms with Gasteiger partial charge in [-0.15, -0.1) is 0 Å². The zero-order valence-electron chi connectivity index (χ0n) is 21.4. The Labute approximate surface area is 229 Å². The lowest BCUT2D eigenvalue weighted by molar-refractivity contribution is -0.129. The van der Waals surface area contributed by atoms with Crippen LogP contribution < -0.4 is 20.1 Å². The van der Waals surface area contributed by atoms with Crippen LogP contribution in [0.2, 0.25) is 10.0 Å². The lowest BCUT2D eigenvalue weighted by Crippen LogP contribution is -2.69. The van der Waals surface area contributed by atoms with Crippen LogP contribution in [0.4, 0.5) is 4.39 Å². The van der Waals surface area contributed by atoms with Crippen molar-refractivity contribution in [3.8, 4) is 22.6 Å². The van der Waals surface area contributed by atoms with E-state index >= 15 is 0 Å². The molecule has 0 radical (unpaired) electrons. The fourth-order valence-electron chi connectivity index (χ4n) is 5.11. The summed E-state index contributed by atoms with van der Waals surface area (Å²) < 4.78 is 29.8. The predicted octanol–water partition coefficient (Wildman–Crippen LogP) is 5.41. The zero-order valence-corrected chi connectivity index (χ0v) is 22.9. The Morgan fingerprint density at radius 2 is 1.47 bits per heavy atom. The number of hydrogen-bond donors (Lipinski definition) is 2. The molecule has 1 aromatic heterocycles. The molecular weight excluding hydrogens is 536 g/mol. The van der Waals surface area contributed by atoms with Crippen LogP contribution in [0.1, 0.15) is 38.1 Å². The van der Waals surface area contributed by atoms with Gasteiger partial charge in [-0.25, -0.2) is 4.39 Å². The predicted molar refractivity (Wildman–Crippen MR) is 141 cm³/mol. The summed E-state index contributed by atoms with van der Waals surface area (Å²) in [5.74, 6) is 0.0633. The largest absolute Gasteiger partial charge is 0.484 e. The normalized spacial score (nSPS) is 20.4. The number of carbonyl (C=O) groups excluding carboxylic acids is 2. The van der Waals surface area contributed by atoms with E-state index in [0.717, 1.165) is 11.6 Å². The van der Waals surface area contributed by atoms with Crippen molar-refractivity contribution in [1.29, 1.82) is 0 Å². The molecule has 2 N–H and O–H groups in total. The molecule has 202 valence electrons. The highest BCUT2D eigenvalue weighted by atomic mass is 35.5. The Hall–Kier alpha value is -3.30. The van der Waals surface area contributed by atoms with Crippen LogP contribution in [0, 0.1) is 19.7 Å². The van der Waals surface area contributed by atoms with Crippen molar-refractivity contribution < 1.29 is 28.0 Å². The first-order valence-corrected chi connectivity index (χ1v) is 12.7. The van der Waals surface area contributed by atoms with Gasteiger partial charge in [0.25, 0.3) is 11.8 Å². The van der Waals surface area contributed by atoms with Crippen molar-refractivity contribution in [2.75, 3.05) is 13.2 Å². The Morgan fingerprint density at radius 1 is 0.947 bits per heavy atom. The second-order valence-corrected chi connectivity index (χ2v) is 10.9. The maximum Gasteiger partial charge on any atom is 0.258 e. The molecule has 0 bridgehead atoms. The van der Waals surface area contributed by atoms with E-state index in [1.165, 1.54) is 12.1 Å². The molecule has 1 heterocycles. The Kier molecular flexibility index (Phi) is 7.90. The zero-order chi connectivity index (χ0) is 27.7. The summed E-state index contributed by atoms with van der Waals surface area (Å²) in [6.07, 6.45) is 1.04. The summed E-state index contributed by atoms with van der Waals surface area (Å²) in [5.41, 5.74) is 1.18. The summed E-state index contributed by atoms with van der Waals surface area (Å²) >= 11 is 12.0. The maximum absolute atomic E-state index is 13.5. The Bertz CT molecular complexity index is 1350. The molecule has 0 saturated heterocycles. The first kappa shape index (κ1) is 27.7. The number of amides is 2. The first-order valence-electron chi connectivity index (χ1n) is 11.9. The minimum absolute atomic E-state index is 0.0228. The van der Waals surface area contributed by atoms with Crippen LogP contribution in [-0.4, -0.2) is 41.3 Å². The Balaban J connectivity index is 1.25. The van der Waals surface area contributed by atoms with E-state index in [4.69, 9.17) is 37.2 Å². The van der Waals surface area contributed by atoms with Crippen molar-refractivity contribution >= 4 is 35.0 Å². The van der Waals surface area contributed by atoms with Crippen LogP contribution in [0.3, 0.4) is 0 Å². The summed E-state index contributed by atoms with van der Waals surface area (Å²) in [7, 11) is 0. The molecule has 4 rings (SSSR count). The van der Waals surface area contributed by atoms with Crippen LogP contribution in [0.5, 0.6) is 11.5 Å². The number of benzene rings is 2. The van der Waals surface area contributed by atoms with Gasteiger partial charge in [0.05, 0.1) is 10.7 Å². The van der Waals surface area contributed by atoms with Gasteiger partial charge in [0.1, 0.15) is 23.1 Å². The lowest BCUT2D eigenvalue weighted by atomic mass is 9.64. The van der Waals surface area contributed by atoms with Crippen molar-refractivity contribution in [3.05, 3.63) is 63.7 Å². The van der Waals surface area contributed by atoms with Crippen molar-refractivity contribution in [3.63, 3.8) is 0 Å². The third-order valence-corrected chi connectivity index (χ3v) is 6.95. The van der Waals surface area contributed by atoms with Crippen molar-refractivity contribution in [1.82, 2.24) is 15.8 Å². The molecule has 1 aliphatic rings. The third kappa shape index (κ3) is 6.39. The fraction of sp³-hybridized carbons (Fsp3) is 0.370. The lowest BCUT2D eigenvalue weighted by Gasteiger charge is -2.53. The second kappa shape index (κ2) is 10.8. The van der Waals surface area contributed by atoms with E-state index in [0.29, 0.717) is 40.6 Å². The van der Waals surface area contributed by atoms with E-state index in [1.54, 1.807) is 25.1 Å². The minimum Gasteiger partial charge on any atom is -0.484 e. The minimum atomic E-state index is -0.622. The van der Waals surface area contributed by atoms with Crippen LogP contribution in [0.15, 0.2) is 40.9 Å². The van der Waals surface area contributed by atoms with Gasteiger partial charge in [0, 0.05) is 33.3 Å². The van der Waals surface area contributed by atoms with Crippen LogP contribution in [-0.2, 0) is 9.59 Å². The molecular formula is C27H28Cl2FN3O5. The molecule has 2 aromatic carbocycles. The molecule has 38 heavy (non-hydrogen) atoms. The average Bonchev–Trinajstić information content (AvgIpc) is 3.15. The highest BCUT2D eigenvalue weighted by molar-refractivity contribution is 6.33. The molecule has 1 saturated carbocycles. The topological polar surface area (TPSA) is 103 Å². The number of hydrogen-bond acceptors (Lipinski definition) is 6. The molecule has 2 amide bonds. The number of halogens is 3. The van der Waals surface area contributed by atoms with Crippen LogP contribution in [0.25, 0.3) is 11.1 Å². The number of nitrogens with one attached hydrogen (secondary N) is 2. The van der Waals surface area contributed by atoms with Gasteiger partial charge in [-0.2, -0.15) is 0 Å². The van der Waals surface area contributed by atoms with E-state index in [9.17, 15) is 14.0 Å². The average molecular weight is 564 g/mol. The van der Waals surface area contributed by atoms with E-state index in [2.05, 4.69) is 15.8 Å². The molecule has 0 spiro atoms. The molecule has 0 unspecified atom stereocenters. The molecule has 1 aliphatic carbocycles. The molecule has 3 aromatic rings. The van der Waals surface area contributed by atoms with E-state index in [-0.39, 0.29) is 35.8 Å². The van der Waals surface area contributed by atoms with Crippen molar-refractivity contribution in [2.45, 2.75) is 51.6 Å². The fourth-order valence-corrected chi connectivity index (χ4v) is 5.44. The van der Waals surface area contributed by atoms with E-state index < -0.39 is 16.9 Å². The smallest absolute Gasteiger partial charge is 0.258 e.